The minimum Gasteiger partial charge on any atom is -0.477 e. The summed E-state index contributed by atoms with van der Waals surface area (Å²) in [4.78, 5) is 57.4. The summed E-state index contributed by atoms with van der Waals surface area (Å²) in [6, 6.07) is 0. The lowest BCUT2D eigenvalue weighted by Crippen LogP contribution is -2.09. The number of rotatable bonds is 2. The highest BCUT2D eigenvalue weighted by Gasteiger charge is 2.19. The zero-order valence-corrected chi connectivity index (χ0v) is 16.4. The molecule has 0 unspecified atom stereocenters. The molecule has 4 aromatic heterocycles. The van der Waals surface area contributed by atoms with E-state index in [9.17, 15) is 19.2 Å². The molecule has 4 aromatic rings. The number of primary amides is 1. The lowest BCUT2D eigenvalue weighted by atomic mass is 10.3. The van der Waals surface area contributed by atoms with E-state index < -0.39 is 17.4 Å². The molecule has 0 saturated heterocycles. The molecule has 0 saturated carbocycles. The van der Waals surface area contributed by atoms with Crippen LogP contribution in [0.5, 0.6) is 0 Å². The Morgan fingerprint density at radius 1 is 0.929 bits per heavy atom. The topological polar surface area (TPSA) is 172 Å². The van der Waals surface area contributed by atoms with E-state index in [2.05, 4.69) is 19.9 Å². The maximum absolute atomic E-state index is 11.3. The van der Waals surface area contributed by atoms with Crippen LogP contribution in [0.15, 0.2) is 22.2 Å². The van der Waals surface area contributed by atoms with Gasteiger partial charge in [-0.1, -0.05) is 23.2 Å². The molecule has 4 heterocycles. The van der Waals surface area contributed by atoms with Gasteiger partial charge >= 0.3 is 5.97 Å². The molecule has 28 heavy (non-hydrogen) atoms. The molecule has 0 aromatic carbocycles. The summed E-state index contributed by atoms with van der Waals surface area (Å²) >= 11 is 13.4. The predicted octanol–water partition coefficient (Wildman–Crippen LogP) is 2.07. The number of amides is 1. The molecular formula is C14H7Cl2N5O5S2. The summed E-state index contributed by atoms with van der Waals surface area (Å²) in [7, 11) is 0. The van der Waals surface area contributed by atoms with Crippen molar-refractivity contribution >= 4 is 78.2 Å². The number of hydrogen-bond donors (Lipinski definition) is 4. The summed E-state index contributed by atoms with van der Waals surface area (Å²) < 4.78 is 0. The van der Waals surface area contributed by atoms with Crippen LogP contribution in [-0.2, 0) is 0 Å². The first-order valence-corrected chi connectivity index (χ1v) is 9.45. The first-order chi connectivity index (χ1) is 13.2. The van der Waals surface area contributed by atoms with Gasteiger partial charge in [-0.3, -0.25) is 14.4 Å². The third-order valence-corrected chi connectivity index (χ3v) is 6.47. The molecule has 10 nitrogen and oxygen atoms in total. The van der Waals surface area contributed by atoms with Gasteiger partial charge in [0.15, 0.2) is 0 Å². The highest BCUT2D eigenvalue weighted by molar-refractivity contribution is 7.21. The van der Waals surface area contributed by atoms with Crippen molar-refractivity contribution in [1.29, 1.82) is 0 Å². The molecule has 144 valence electrons. The zero-order valence-electron chi connectivity index (χ0n) is 13.3. The third kappa shape index (κ3) is 3.49. The lowest BCUT2D eigenvalue weighted by Gasteiger charge is -1.87. The SMILES string of the molecule is NC(=O)c1sc2nc[nH]c(=O)c2c1Cl.O=C(O)c1sc2nc[nH]c(=O)c2c1Cl. The van der Waals surface area contributed by atoms with E-state index in [1.807, 2.05) is 0 Å². The summed E-state index contributed by atoms with van der Waals surface area (Å²) in [5.74, 6) is -1.81. The monoisotopic (exact) mass is 459 g/mol. The molecule has 4 rings (SSSR count). The second kappa shape index (κ2) is 7.67. The fourth-order valence-corrected chi connectivity index (χ4v) is 4.75. The Hall–Kier alpha value is -2.80. The number of hydrogen-bond acceptors (Lipinski definition) is 8. The van der Waals surface area contributed by atoms with Crippen molar-refractivity contribution in [3.05, 3.63) is 53.2 Å². The number of carboxylic acid groups (broad SMARTS) is 1. The van der Waals surface area contributed by atoms with E-state index >= 15 is 0 Å². The number of thiophene rings is 2. The van der Waals surface area contributed by atoms with Gasteiger partial charge in [0, 0.05) is 0 Å². The number of nitrogens with one attached hydrogen (secondary N) is 2. The molecular weight excluding hydrogens is 453 g/mol. The van der Waals surface area contributed by atoms with Gasteiger partial charge in [-0.25, -0.2) is 14.8 Å². The number of aromatic carboxylic acids is 1. The van der Waals surface area contributed by atoms with Crippen LogP contribution in [0.2, 0.25) is 10.0 Å². The first-order valence-electron chi connectivity index (χ1n) is 7.06. The van der Waals surface area contributed by atoms with Crippen LogP contribution in [-0.4, -0.2) is 36.9 Å². The molecule has 5 N–H and O–H groups in total. The van der Waals surface area contributed by atoms with Crippen LogP contribution in [0.25, 0.3) is 20.4 Å². The molecule has 14 heteroatoms. The molecule has 0 aliphatic heterocycles. The number of aromatic nitrogens is 4. The van der Waals surface area contributed by atoms with Crippen molar-refractivity contribution in [2.45, 2.75) is 0 Å². The van der Waals surface area contributed by atoms with Gasteiger partial charge in [0.05, 0.1) is 33.5 Å². The number of H-pyrrole nitrogens is 2. The van der Waals surface area contributed by atoms with E-state index in [1.165, 1.54) is 12.7 Å². The maximum Gasteiger partial charge on any atom is 0.347 e. The average Bonchev–Trinajstić information content (AvgIpc) is 3.15. The molecule has 0 aliphatic rings. The minimum absolute atomic E-state index is 0.0492. The van der Waals surface area contributed by atoms with Crippen molar-refractivity contribution in [2.24, 2.45) is 5.73 Å². The largest absolute Gasteiger partial charge is 0.477 e. The molecule has 0 atom stereocenters. The molecule has 0 bridgehead atoms. The van der Waals surface area contributed by atoms with Crippen molar-refractivity contribution in [1.82, 2.24) is 19.9 Å². The average molecular weight is 460 g/mol. The van der Waals surface area contributed by atoms with Gasteiger partial charge in [-0.2, -0.15) is 0 Å². The second-order valence-corrected chi connectivity index (χ2v) is 7.74. The minimum atomic E-state index is -1.16. The van der Waals surface area contributed by atoms with Gasteiger partial charge in [0.25, 0.3) is 17.0 Å². The van der Waals surface area contributed by atoms with Gasteiger partial charge in [0.2, 0.25) is 0 Å². The Morgan fingerprint density at radius 3 is 1.75 bits per heavy atom. The van der Waals surface area contributed by atoms with Crippen molar-refractivity contribution in [3.8, 4) is 0 Å². The summed E-state index contributed by atoms with van der Waals surface area (Å²) in [6.45, 7) is 0. The van der Waals surface area contributed by atoms with Crippen molar-refractivity contribution in [2.75, 3.05) is 0 Å². The van der Waals surface area contributed by atoms with Gasteiger partial charge in [-0.15, -0.1) is 22.7 Å². The van der Waals surface area contributed by atoms with Gasteiger partial charge in [-0.05, 0) is 0 Å². The van der Waals surface area contributed by atoms with Crippen LogP contribution < -0.4 is 16.9 Å². The predicted molar refractivity (Wildman–Crippen MR) is 106 cm³/mol. The Morgan fingerprint density at radius 2 is 1.36 bits per heavy atom. The third-order valence-electron chi connectivity index (χ3n) is 3.29. The van der Waals surface area contributed by atoms with Gasteiger partial charge in [0.1, 0.15) is 19.4 Å². The van der Waals surface area contributed by atoms with Crippen LogP contribution in [0.4, 0.5) is 0 Å². The highest BCUT2D eigenvalue weighted by Crippen LogP contribution is 2.32. The number of carboxylic acids is 1. The Bertz CT molecular complexity index is 1250. The summed E-state index contributed by atoms with van der Waals surface area (Å²) in [5.41, 5.74) is 4.28. The number of halogens is 2. The summed E-state index contributed by atoms with van der Waals surface area (Å²) in [6.07, 6.45) is 2.46. The molecule has 0 aliphatic carbocycles. The van der Waals surface area contributed by atoms with Gasteiger partial charge < -0.3 is 20.8 Å². The molecule has 1 amide bonds. The van der Waals surface area contributed by atoms with Crippen molar-refractivity contribution < 1.29 is 14.7 Å². The van der Waals surface area contributed by atoms with Crippen LogP contribution >= 0.6 is 45.9 Å². The lowest BCUT2D eigenvalue weighted by molar-refractivity contribution is 0.0702. The van der Waals surface area contributed by atoms with Crippen LogP contribution in [0, 0.1) is 0 Å². The molecule has 0 radical (unpaired) electrons. The number of aromatic amines is 2. The van der Waals surface area contributed by atoms with E-state index in [0.29, 0.717) is 9.66 Å². The molecule has 0 spiro atoms. The van der Waals surface area contributed by atoms with E-state index in [0.717, 1.165) is 22.7 Å². The van der Waals surface area contributed by atoms with Crippen molar-refractivity contribution in [3.63, 3.8) is 0 Å². The van der Waals surface area contributed by atoms with Crippen LogP contribution in [0.3, 0.4) is 0 Å². The zero-order chi connectivity index (χ0) is 20.6. The Labute approximate surface area is 171 Å². The fraction of sp³-hybridized carbons (Fsp3) is 0. The number of fused-ring (bicyclic) bond motifs is 2. The number of nitrogens with two attached hydrogens (primary N) is 1. The smallest absolute Gasteiger partial charge is 0.347 e. The normalized spacial score (nSPS) is 10.6. The van der Waals surface area contributed by atoms with Crippen LogP contribution in [0.1, 0.15) is 19.3 Å². The summed E-state index contributed by atoms with van der Waals surface area (Å²) in [5, 5.41) is 9.12. The number of nitrogens with zero attached hydrogens (tertiary/aromatic N) is 2. The number of carbonyl (C=O) groups is 2. The van der Waals surface area contributed by atoms with E-state index in [-0.39, 0.29) is 36.1 Å². The Balaban J connectivity index is 0.000000161. The first kappa shape index (κ1) is 19.9. The second-order valence-electron chi connectivity index (χ2n) is 4.98. The van der Waals surface area contributed by atoms with E-state index in [4.69, 9.17) is 34.0 Å². The quantitative estimate of drug-likeness (QED) is 0.354. The standard InChI is InChI=1S/C7H4ClN3O2S.C7H3ClN2O3S/c8-3-2-6(13)10-1-11-7(2)14-4(3)5(9)12;8-3-2-5(11)9-1-10-6(2)14-4(3)7(12)13/h1H,(H2,9,12)(H,10,11,13);1H,(H,12,13)(H,9,10,11). The Kier molecular flexibility index (Phi) is 5.47. The number of carbonyl (C=O) groups excluding carboxylic acids is 1. The maximum atomic E-state index is 11.3. The highest BCUT2D eigenvalue weighted by atomic mass is 35.5. The fourth-order valence-electron chi connectivity index (χ4n) is 2.11. The van der Waals surface area contributed by atoms with E-state index in [1.54, 1.807) is 0 Å². The molecule has 0 fully saturated rings.